The lowest BCUT2D eigenvalue weighted by molar-refractivity contribution is -0.137. The van der Waals surface area contributed by atoms with Gasteiger partial charge in [-0.15, -0.1) is 0 Å². The van der Waals surface area contributed by atoms with Crippen LogP contribution in [0.4, 0.5) is 0 Å². The molecule has 20 heavy (non-hydrogen) atoms. The Balaban J connectivity index is 2.17. The number of aryl methyl sites for hydroxylation is 1. The van der Waals surface area contributed by atoms with Gasteiger partial charge in [0.15, 0.2) is 0 Å². The third-order valence-corrected chi connectivity index (χ3v) is 3.24. The minimum Gasteiger partial charge on any atom is -0.481 e. The van der Waals surface area contributed by atoms with E-state index < -0.39 is 5.97 Å². The molecule has 1 heterocycles. The molecule has 0 aliphatic heterocycles. The lowest BCUT2D eigenvalue weighted by Gasteiger charge is -2.21. The fourth-order valence-corrected chi connectivity index (χ4v) is 2.00. The summed E-state index contributed by atoms with van der Waals surface area (Å²) < 4.78 is 0. The van der Waals surface area contributed by atoms with Gasteiger partial charge in [-0.3, -0.25) is 9.59 Å². The van der Waals surface area contributed by atoms with Crippen molar-refractivity contribution in [1.29, 1.82) is 5.26 Å². The highest BCUT2D eigenvalue weighted by Gasteiger charge is 2.33. The first-order chi connectivity index (χ1) is 9.52. The molecule has 1 aliphatic rings. The Morgan fingerprint density at radius 2 is 2.20 bits per heavy atom. The lowest BCUT2D eigenvalue weighted by Crippen LogP contribution is -2.35. The molecule has 1 amide bonds. The van der Waals surface area contributed by atoms with Crippen molar-refractivity contribution in [1.82, 2.24) is 9.88 Å². The van der Waals surface area contributed by atoms with Gasteiger partial charge < -0.3 is 10.0 Å². The van der Waals surface area contributed by atoms with Crippen molar-refractivity contribution in [3.63, 3.8) is 0 Å². The highest BCUT2D eigenvalue weighted by molar-refractivity contribution is 5.93. The van der Waals surface area contributed by atoms with Gasteiger partial charge in [-0.1, -0.05) is 0 Å². The Kier molecular flexibility index (Phi) is 3.99. The van der Waals surface area contributed by atoms with E-state index in [0.29, 0.717) is 11.3 Å². The van der Waals surface area contributed by atoms with Gasteiger partial charge in [0.05, 0.1) is 17.7 Å². The van der Waals surface area contributed by atoms with Crippen LogP contribution in [0.15, 0.2) is 12.1 Å². The molecule has 0 radical (unpaired) electrons. The van der Waals surface area contributed by atoms with Crippen LogP contribution in [0.5, 0.6) is 0 Å². The molecule has 2 rings (SSSR count). The Bertz CT molecular complexity index is 588. The predicted octanol–water partition coefficient (Wildman–Crippen LogP) is 1.34. The molecule has 1 saturated carbocycles. The summed E-state index contributed by atoms with van der Waals surface area (Å²) in [7, 11) is 0. The zero-order valence-corrected chi connectivity index (χ0v) is 11.2. The van der Waals surface area contributed by atoms with Crippen LogP contribution in [0, 0.1) is 18.3 Å². The molecule has 1 fully saturated rings. The molecular weight excluding hydrogens is 258 g/mol. The number of nitrogens with zero attached hydrogens (tertiary/aromatic N) is 3. The van der Waals surface area contributed by atoms with E-state index in [-0.39, 0.29) is 30.6 Å². The van der Waals surface area contributed by atoms with Crippen LogP contribution >= 0.6 is 0 Å². The standard InChI is InChI=1S/C14H15N3O3/c1-9-10(8-15)2-5-12(16-9)14(20)17(11-3-4-11)7-6-13(18)19/h2,5,11H,3-4,6-7H2,1H3,(H,18,19). The van der Waals surface area contributed by atoms with Crippen molar-refractivity contribution in [3.8, 4) is 6.07 Å². The summed E-state index contributed by atoms with van der Waals surface area (Å²) in [6.07, 6.45) is 1.73. The largest absolute Gasteiger partial charge is 0.481 e. The average Bonchev–Trinajstić information content (AvgIpc) is 3.23. The van der Waals surface area contributed by atoms with Gasteiger partial charge in [0.1, 0.15) is 11.8 Å². The molecular formula is C14H15N3O3. The maximum atomic E-state index is 12.4. The SMILES string of the molecule is Cc1nc(C(=O)N(CCC(=O)O)C2CC2)ccc1C#N. The summed E-state index contributed by atoms with van der Waals surface area (Å²) in [4.78, 5) is 28.7. The van der Waals surface area contributed by atoms with Gasteiger partial charge in [0, 0.05) is 12.6 Å². The van der Waals surface area contributed by atoms with Crippen molar-refractivity contribution < 1.29 is 14.7 Å². The van der Waals surface area contributed by atoms with Gasteiger partial charge in [-0.25, -0.2) is 4.98 Å². The van der Waals surface area contributed by atoms with Gasteiger partial charge in [-0.2, -0.15) is 5.26 Å². The molecule has 104 valence electrons. The topological polar surface area (TPSA) is 94.3 Å². The first-order valence-electron chi connectivity index (χ1n) is 6.43. The highest BCUT2D eigenvalue weighted by atomic mass is 16.4. The Labute approximate surface area is 116 Å². The normalized spacial score (nSPS) is 13.6. The van der Waals surface area contributed by atoms with Crippen molar-refractivity contribution >= 4 is 11.9 Å². The van der Waals surface area contributed by atoms with E-state index >= 15 is 0 Å². The second-order valence-corrected chi connectivity index (χ2v) is 4.81. The summed E-state index contributed by atoms with van der Waals surface area (Å²) in [5.41, 5.74) is 1.20. The summed E-state index contributed by atoms with van der Waals surface area (Å²) in [6.45, 7) is 1.87. The lowest BCUT2D eigenvalue weighted by atomic mass is 10.2. The van der Waals surface area contributed by atoms with Crippen LogP contribution in [0.3, 0.4) is 0 Å². The number of amides is 1. The van der Waals surface area contributed by atoms with Crippen molar-refractivity contribution in [3.05, 3.63) is 29.1 Å². The number of carboxylic acids is 1. The quantitative estimate of drug-likeness (QED) is 0.873. The first-order valence-corrected chi connectivity index (χ1v) is 6.43. The van der Waals surface area contributed by atoms with E-state index in [1.807, 2.05) is 6.07 Å². The molecule has 0 saturated heterocycles. The van der Waals surface area contributed by atoms with Crippen LogP contribution < -0.4 is 0 Å². The number of pyridine rings is 1. The van der Waals surface area contributed by atoms with Crippen molar-refractivity contribution in [2.45, 2.75) is 32.2 Å². The number of aliphatic carboxylic acids is 1. The van der Waals surface area contributed by atoms with E-state index in [0.717, 1.165) is 12.8 Å². The van der Waals surface area contributed by atoms with E-state index in [2.05, 4.69) is 4.98 Å². The van der Waals surface area contributed by atoms with Crippen LogP contribution in [0.2, 0.25) is 0 Å². The molecule has 0 atom stereocenters. The van der Waals surface area contributed by atoms with E-state index in [9.17, 15) is 9.59 Å². The van der Waals surface area contributed by atoms with E-state index in [1.165, 1.54) is 6.07 Å². The third kappa shape index (κ3) is 3.12. The number of carbonyl (C=O) groups is 2. The molecule has 6 heteroatoms. The zero-order chi connectivity index (χ0) is 14.7. The van der Waals surface area contributed by atoms with Gasteiger partial charge >= 0.3 is 5.97 Å². The zero-order valence-electron chi connectivity index (χ0n) is 11.2. The number of rotatable bonds is 5. The maximum absolute atomic E-state index is 12.4. The summed E-state index contributed by atoms with van der Waals surface area (Å²) in [6, 6.07) is 5.21. The van der Waals surface area contributed by atoms with Gasteiger partial charge in [0.25, 0.3) is 5.91 Å². The number of hydrogen-bond acceptors (Lipinski definition) is 4. The van der Waals surface area contributed by atoms with E-state index in [4.69, 9.17) is 10.4 Å². The van der Waals surface area contributed by atoms with Crippen LogP contribution in [0.1, 0.15) is 41.0 Å². The average molecular weight is 273 g/mol. The number of carboxylic acid groups (broad SMARTS) is 1. The van der Waals surface area contributed by atoms with Gasteiger partial charge in [0.2, 0.25) is 0 Å². The molecule has 1 aliphatic carbocycles. The van der Waals surface area contributed by atoms with Crippen LogP contribution in [-0.2, 0) is 4.79 Å². The van der Waals surface area contributed by atoms with Crippen molar-refractivity contribution in [2.24, 2.45) is 0 Å². The number of hydrogen-bond donors (Lipinski definition) is 1. The first kappa shape index (κ1) is 14.0. The molecule has 0 unspecified atom stereocenters. The second-order valence-electron chi connectivity index (χ2n) is 4.81. The fourth-order valence-electron chi connectivity index (χ4n) is 2.00. The van der Waals surface area contributed by atoms with Crippen molar-refractivity contribution in [2.75, 3.05) is 6.54 Å². The fraction of sp³-hybridized carbons (Fsp3) is 0.429. The Hall–Kier alpha value is -2.42. The minimum atomic E-state index is -0.924. The molecule has 0 bridgehead atoms. The Morgan fingerprint density at radius 3 is 2.70 bits per heavy atom. The molecule has 1 N–H and O–H groups in total. The maximum Gasteiger partial charge on any atom is 0.305 e. The molecule has 1 aromatic rings. The molecule has 1 aromatic heterocycles. The number of aromatic nitrogens is 1. The summed E-state index contributed by atoms with van der Waals surface area (Å²) in [5.74, 6) is -1.19. The minimum absolute atomic E-state index is 0.0719. The summed E-state index contributed by atoms with van der Waals surface area (Å²) >= 11 is 0. The predicted molar refractivity (Wildman–Crippen MR) is 70.0 cm³/mol. The monoisotopic (exact) mass is 273 g/mol. The number of nitriles is 1. The molecule has 0 spiro atoms. The molecule has 6 nitrogen and oxygen atoms in total. The van der Waals surface area contributed by atoms with Gasteiger partial charge in [-0.05, 0) is 31.9 Å². The highest BCUT2D eigenvalue weighted by Crippen LogP contribution is 2.28. The molecule has 0 aromatic carbocycles. The third-order valence-electron chi connectivity index (χ3n) is 3.24. The van der Waals surface area contributed by atoms with E-state index in [1.54, 1.807) is 17.9 Å². The van der Waals surface area contributed by atoms with Crippen LogP contribution in [-0.4, -0.2) is 39.5 Å². The summed E-state index contributed by atoms with van der Waals surface area (Å²) in [5, 5.41) is 17.6. The Morgan fingerprint density at radius 1 is 1.50 bits per heavy atom. The second kappa shape index (κ2) is 5.70. The van der Waals surface area contributed by atoms with Crippen LogP contribution in [0.25, 0.3) is 0 Å². The number of carbonyl (C=O) groups excluding carboxylic acids is 1. The smallest absolute Gasteiger partial charge is 0.305 e.